The van der Waals surface area contributed by atoms with E-state index in [1.807, 2.05) is 12.2 Å². The van der Waals surface area contributed by atoms with E-state index in [2.05, 4.69) is 36.8 Å². The molecule has 0 aromatic heterocycles. The van der Waals surface area contributed by atoms with Gasteiger partial charge in [0, 0.05) is 0 Å². The van der Waals surface area contributed by atoms with Crippen LogP contribution in [0.3, 0.4) is 0 Å². The molecule has 0 spiro atoms. The molecule has 0 radical (unpaired) electrons. The largest absolute Gasteiger partial charge is 0.325 e. The van der Waals surface area contributed by atoms with Crippen LogP contribution in [0.15, 0.2) is 25.3 Å². The monoisotopic (exact) mass is 374 g/mol. The molecular formula is C6H16O6P2S2Zn. The molecule has 6 N–H and O–H groups in total. The summed E-state index contributed by atoms with van der Waals surface area (Å²) < 4.78 is 0. The summed E-state index contributed by atoms with van der Waals surface area (Å²) in [5.41, 5.74) is 0. The maximum Gasteiger partial charge on any atom is 0.319 e. The van der Waals surface area contributed by atoms with Crippen molar-refractivity contribution in [2.75, 3.05) is 0 Å². The number of hydrogen-bond acceptors (Lipinski definition) is 2. The van der Waals surface area contributed by atoms with Crippen molar-refractivity contribution < 1.29 is 46.5 Å². The third kappa shape index (κ3) is 148. The SMILES string of the molecule is C=C[CH2][Zn][CH2]C=C.OP(O)(O)=S.OP(O)(O)=S. The average Bonchev–Trinajstić information content (AvgIpc) is 1.99. The van der Waals surface area contributed by atoms with Crippen molar-refractivity contribution in [3.05, 3.63) is 25.3 Å². The molecule has 0 saturated heterocycles. The van der Waals surface area contributed by atoms with Gasteiger partial charge in [-0.1, -0.05) is 0 Å². The summed E-state index contributed by atoms with van der Waals surface area (Å²) in [5, 5.41) is 2.61. The Hall–Kier alpha value is 1.16. The Bertz CT molecular complexity index is 244. The third-order valence-electron chi connectivity index (χ3n) is 0.816. The molecule has 0 aromatic carbocycles. The van der Waals surface area contributed by atoms with Gasteiger partial charge in [0.15, 0.2) is 0 Å². The van der Waals surface area contributed by atoms with Gasteiger partial charge in [-0.3, -0.25) is 0 Å². The zero-order valence-electron chi connectivity index (χ0n) is 9.08. The summed E-state index contributed by atoms with van der Waals surface area (Å²) in [6.07, 6.45) is 4.03. The first-order valence-electron chi connectivity index (χ1n) is 4.20. The van der Waals surface area contributed by atoms with Gasteiger partial charge in [-0.2, -0.15) is 0 Å². The second-order valence-corrected chi connectivity index (χ2v) is 11.4. The fourth-order valence-electron chi connectivity index (χ4n) is 0.407. The molecule has 0 saturated carbocycles. The molecule has 0 heterocycles. The number of hydrogen-bond donors (Lipinski definition) is 6. The predicted molar refractivity (Wildman–Crippen MR) is 71.9 cm³/mol. The minimum absolute atomic E-state index is 0.184. The van der Waals surface area contributed by atoms with Crippen LogP contribution in [0.25, 0.3) is 0 Å². The molecule has 0 aliphatic carbocycles. The Kier molecular flexibility index (Phi) is 18.6. The van der Waals surface area contributed by atoms with Crippen LogP contribution in [0.5, 0.6) is 0 Å². The maximum atomic E-state index is 7.56. The molecule has 0 aliphatic heterocycles. The summed E-state index contributed by atoms with van der Waals surface area (Å²) in [6.45, 7) is -0.321. The minimum Gasteiger partial charge on any atom is -0.325 e. The smallest absolute Gasteiger partial charge is 0.319 e. The van der Waals surface area contributed by atoms with Gasteiger partial charge < -0.3 is 29.4 Å². The van der Waals surface area contributed by atoms with E-state index in [1.165, 1.54) is 10.0 Å². The first-order valence-corrected chi connectivity index (χ1v) is 13.7. The molecule has 17 heavy (non-hydrogen) atoms. The van der Waals surface area contributed by atoms with Crippen LogP contribution in [0, 0.1) is 0 Å². The van der Waals surface area contributed by atoms with E-state index in [4.69, 9.17) is 29.4 Å². The molecule has 0 amide bonds. The first-order chi connectivity index (χ1) is 7.41. The van der Waals surface area contributed by atoms with Gasteiger partial charge in [0.2, 0.25) is 0 Å². The molecule has 11 heteroatoms. The van der Waals surface area contributed by atoms with Gasteiger partial charge in [0.25, 0.3) is 0 Å². The van der Waals surface area contributed by atoms with Crippen LogP contribution in [0.4, 0.5) is 0 Å². The molecule has 0 fully saturated rings. The van der Waals surface area contributed by atoms with Gasteiger partial charge in [0.1, 0.15) is 0 Å². The summed E-state index contributed by atoms with van der Waals surface area (Å²) in [6, 6.07) is 0. The standard InChI is InChI=1S/2C3H5.2H3O3PS.Zn/c2*1-3-2;2*1-4(2,3)5;/h2*3H,1-2H2;2*(H3,1,2,3,5);. The Balaban J connectivity index is -0.000000177. The van der Waals surface area contributed by atoms with Crippen molar-refractivity contribution in [2.24, 2.45) is 0 Å². The Morgan fingerprint density at radius 2 is 1.00 bits per heavy atom. The van der Waals surface area contributed by atoms with Gasteiger partial charge >= 0.3 is 65.9 Å². The van der Waals surface area contributed by atoms with Crippen molar-refractivity contribution in [1.82, 2.24) is 0 Å². The van der Waals surface area contributed by atoms with Crippen molar-refractivity contribution in [3.63, 3.8) is 0 Å². The van der Waals surface area contributed by atoms with Crippen LogP contribution in [0.2, 0.25) is 10.0 Å². The van der Waals surface area contributed by atoms with Crippen molar-refractivity contribution >= 4 is 37.1 Å². The summed E-state index contributed by atoms with van der Waals surface area (Å²) in [4.78, 5) is 45.3. The van der Waals surface area contributed by atoms with Gasteiger partial charge in [0.05, 0.1) is 0 Å². The van der Waals surface area contributed by atoms with Crippen LogP contribution >= 0.6 is 13.4 Å². The van der Waals surface area contributed by atoms with Crippen LogP contribution in [-0.4, -0.2) is 29.4 Å². The van der Waals surface area contributed by atoms with Gasteiger partial charge in [-0.15, -0.1) is 0 Å². The van der Waals surface area contributed by atoms with E-state index in [0.717, 1.165) is 0 Å². The van der Waals surface area contributed by atoms with E-state index in [1.54, 1.807) is 0 Å². The summed E-state index contributed by atoms with van der Waals surface area (Å²) >= 11 is 7.02. The number of rotatable bonds is 4. The van der Waals surface area contributed by atoms with Crippen LogP contribution in [0.1, 0.15) is 0 Å². The second-order valence-electron chi connectivity index (χ2n) is 2.53. The van der Waals surface area contributed by atoms with E-state index in [-0.39, 0.29) is 17.1 Å². The van der Waals surface area contributed by atoms with Crippen molar-refractivity contribution in [3.8, 4) is 0 Å². The van der Waals surface area contributed by atoms with Crippen molar-refractivity contribution in [2.45, 2.75) is 10.0 Å². The predicted octanol–water partition coefficient (Wildman–Crippen LogP) is 0.653. The maximum absolute atomic E-state index is 7.56. The zero-order valence-corrected chi connectivity index (χ0v) is 15.5. The molecule has 100 valence electrons. The van der Waals surface area contributed by atoms with E-state index >= 15 is 0 Å². The van der Waals surface area contributed by atoms with E-state index in [0.29, 0.717) is 0 Å². The van der Waals surface area contributed by atoms with Gasteiger partial charge in [-0.25, -0.2) is 0 Å². The van der Waals surface area contributed by atoms with E-state index < -0.39 is 13.4 Å². The van der Waals surface area contributed by atoms with Gasteiger partial charge in [-0.05, 0) is 23.6 Å². The molecule has 0 rings (SSSR count). The fraction of sp³-hybridized carbons (Fsp3) is 0.333. The van der Waals surface area contributed by atoms with E-state index in [9.17, 15) is 0 Å². The Morgan fingerprint density at radius 3 is 1.12 bits per heavy atom. The van der Waals surface area contributed by atoms with Crippen LogP contribution < -0.4 is 0 Å². The molecule has 0 unspecified atom stereocenters. The topological polar surface area (TPSA) is 121 Å². The molecule has 0 atom stereocenters. The fourth-order valence-corrected chi connectivity index (χ4v) is 2.11. The minimum atomic E-state index is -3.81. The average molecular weight is 376 g/mol. The van der Waals surface area contributed by atoms with Crippen molar-refractivity contribution in [1.29, 1.82) is 0 Å². The normalized spacial score (nSPS) is 9.76. The Morgan fingerprint density at radius 1 is 0.824 bits per heavy atom. The summed E-state index contributed by atoms with van der Waals surface area (Å²) in [5.74, 6) is 0. The third-order valence-corrected chi connectivity index (χ3v) is 4.24. The summed E-state index contributed by atoms with van der Waals surface area (Å²) in [7, 11) is 0. The molecule has 6 nitrogen and oxygen atoms in total. The quantitative estimate of drug-likeness (QED) is 0.183. The second kappa shape index (κ2) is 13.6. The Labute approximate surface area is 118 Å². The molecular weight excluding hydrogens is 360 g/mol. The molecule has 0 aromatic rings. The number of allylic oxidation sites excluding steroid dienone is 2. The molecule has 0 bridgehead atoms. The zero-order chi connectivity index (χ0) is 14.5. The first kappa shape index (κ1) is 23.3. The molecule has 0 aliphatic rings. The van der Waals surface area contributed by atoms with Crippen LogP contribution in [-0.2, 0) is 40.7 Å².